The van der Waals surface area contributed by atoms with Crippen LogP contribution in [-0.2, 0) is 0 Å². The summed E-state index contributed by atoms with van der Waals surface area (Å²) in [6.07, 6.45) is 5.65. The van der Waals surface area contributed by atoms with Crippen LogP contribution in [0.5, 0.6) is 0 Å². The Labute approximate surface area is 111 Å². The average molecular weight is 266 g/mol. The molecule has 1 aromatic heterocycles. The maximum Gasteiger partial charge on any atom is 0.254 e. The summed E-state index contributed by atoms with van der Waals surface area (Å²) in [5.41, 5.74) is -0.228. The van der Waals surface area contributed by atoms with Crippen LogP contribution in [0.2, 0.25) is 0 Å². The Morgan fingerprint density at radius 1 is 1.67 bits per heavy atom. The summed E-state index contributed by atoms with van der Waals surface area (Å²) < 4.78 is 0. The highest BCUT2D eigenvalue weighted by molar-refractivity contribution is 7.98. The molecule has 0 spiro atoms. The Kier molecular flexibility index (Phi) is 3.92. The van der Waals surface area contributed by atoms with Crippen LogP contribution in [0.1, 0.15) is 30.1 Å². The number of pyridine rings is 1. The van der Waals surface area contributed by atoms with E-state index in [9.17, 15) is 9.90 Å². The summed E-state index contributed by atoms with van der Waals surface area (Å²) in [6.45, 7) is 2.07. The molecule has 0 aromatic carbocycles. The van der Waals surface area contributed by atoms with Gasteiger partial charge in [0.1, 0.15) is 5.03 Å². The minimum Gasteiger partial charge on any atom is -0.388 e. The molecular weight excluding hydrogens is 248 g/mol. The van der Waals surface area contributed by atoms with Gasteiger partial charge in [-0.3, -0.25) is 4.79 Å². The van der Waals surface area contributed by atoms with Crippen LogP contribution < -0.4 is 5.32 Å². The fourth-order valence-electron chi connectivity index (χ4n) is 1.93. The number of nitrogens with zero attached hydrogens (tertiary/aromatic N) is 1. The van der Waals surface area contributed by atoms with Crippen LogP contribution in [0.15, 0.2) is 23.4 Å². The fraction of sp³-hybridized carbons (Fsp3) is 0.538. The first-order chi connectivity index (χ1) is 8.54. The summed E-state index contributed by atoms with van der Waals surface area (Å²) in [4.78, 5) is 16.2. The first-order valence-electron chi connectivity index (χ1n) is 6.04. The Hall–Kier alpha value is -1.07. The lowest BCUT2D eigenvalue weighted by atomic mass is 10.0. The molecule has 0 bridgehead atoms. The van der Waals surface area contributed by atoms with Crippen LogP contribution in [-0.4, -0.2) is 34.4 Å². The van der Waals surface area contributed by atoms with Gasteiger partial charge in [-0.25, -0.2) is 4.98 Å². The molecule has 0 saturated heterocycles. The molecule has 1 fully saturated rings. The van der Waals surface area contributed by atoms with Crippen LogP contribution in [0.3, 0.4) is 0 Å². The Bertz CT molecular complexity index is 444. The van der Waals surface area contributed by atoms with E-state index < -0.39 is 5.60 Å². The molecule has 1 aromatic rings. The molecule has 1 atom stereocenters. The lowest BCUT2D eigenvalue weighted by molar-refractivity contribution is 0.0353. The van der Waals surface area contributed by atoms with E-state index in [4.69, 9.17) is 0 Å². The maximum absolute atomic E-state index is 12.0. The zero-order valence-corrected chi connectivity index (χ0v) is 11.5. The second-order valence-electron chi connectivity index (χ2n) is 4.87. The third-order valence-electron chi connectivity index (χ3n) is 3.27. The standard InChI is InChI=1S/C13H18N2O2S/c1-13(17,9-5-6-9)8-15-11(16)10-4-3-7-14-12(10)18-2/h3-4,7,9,17H,5-6,8H2,1-2H3,(H,15,16). The van der Waals surface area contributed by atoms with Crippen molar-refractivity contribution < 1.29 is 9.90 Å². The van der Waals surface area contributed by atoms with Gasteiger partial charge in [0.2, 0.25) is 0 Å². The van der Waals surface area contributed by atoms with E-state index in [1.54, 1.807) is 25.3 Å². The number of hydrogen-bond acceptors (Lipinski definition) is 4. The van der Waals surface area contributed by atoms with Crippen molar-refractivity contribution in [3.8, 4) is 0 Å². The van der Waals surface area contributed by atoms with Gasteiger partial charge in [-0.2, -0.15) is 0 Å². The topological polar surface area (TPSA) is 62.2 Å². The summed E-state index contributed by atoms with van der Waals surface area (Å²) in [7, 11) is 0. The minimum atomic E-state index is -0.794. The molecule has 1 amide bonds. The van der Waals surface area contributed by atoms with E-state index in [2.05, 4.69) is 10.3 Å². The predicted octanol–water partition coefficient (Wildman–Crippen LogP) is 1.69. The number of aliphatic hydroxyl groups is 1. The number of aromatic nitrogens is 1. The Morgan fingerprint density at radius 2 is 2.39 bits per heavy atom. The lowest BCUT2D eigenvalue weighted by Gasteiger charge is -2.23. The van der Waals surface area contributed by atoms with Gasteiger partial charge < -0.3 is 10.4 Å². The van der Waals surface area contributed by atoms with Crippen molar-refractivity contribution in [1.82, 2.24) is 10.3 Å². The molecule has 0 aliphatic heterocycles. The summed E-state index contributed by atoms with van der Waals surface area (Å²) in [5, 5.41) is 13.6. The molecule has 0 radical (unpaired) electrons. The zero-order valence-electron chi connectivity index (χ0n) is 10.6. The molecule has 18 heavy (non-hydrogen) atoms. The molecule has 2 rings (SSSR count). The highest BCUT2D eigenvalue weighted by Gasteiger charge is 2.40. The molecule has 5 heteroatoms. The largest absolute Gasteiger partial charge is 0.388 e. The van der Waals surface area contributed by atoms with Gasteiger partial charge in [-0.15, -0.1) is 11.8 Å². The normalized spacial score (nSPS) is 18.2. The van der Waals surface area contributed by atoms with Gasteiger partial charge in [-0.05, 0) is 44.1 Å². The maximum atomic E-state index is 12.0. The van der Waals surface area contributed by atoms with Crippen molar-refractivity contribution in [2.45, 2.75) is 30.4 Å². The van der Waals surface area contributed by atoms with E-state index in [0.29, 0.717) is 23.1 Å². The number of carbonyl (C=O) groups excluding carboxylic acids is 1. The molecular formula is C13H18N2O2S. The van der Waals surface area contributed by atoms with E-state index >= 15 is 0 Å². The van der Waals surface area contributed by atoms with Gasteiger partial charge in [-0.1, -0.05) is 0 Å². The second kappa shape index (κ2) is 5.28. The summed E-state index contributed by atoms with van der Waals surface area (Å²) in [5.74, 6) is 0.153. The van der Waals surface area contributed by atoms with E-state index in [1.165, 1.54) is 11.8 Å². The molecule has 2 N–H and O–H groups in total. The van der Waals surface area contributed by atoms with E-state index in [-0.39, 0.29) is 5.91 Å². The number of hydrogen-bond donors (Lipinski definition) is 2. The van der Waals surface area contributed by atoms with Crippen molar-refractivity contribution in [3.05, 3.63) is 23.9 Å². The lowest BCUT2D eigenvalue weighted by Crippen LogP contribution is -2.42. The highest BCUT2D eigenvalue weighted by atomic mass is 32.2. The van der Waals surface area contributed by atoms with Crippen LogP contribution in [0, 0.1) is 5.92 Å². The molecule has 1 aliphatic rings. The van der Waals surface area contributed by atoms with Gasteiger partial charge >= 0.3 is 0 Å². The third-order valence-corrected chi connectivity index (χ3v) is 3.98. The van der Waals surface area contributed by atoms with Crippen LogP contribution >= 0.6 is 11.8 Å². The van der Waals surface area contributed by atoms with Gasteiger partial charge in [0.05, 0.1) is 11.2 Å². The number of carbonyl (C=O) groups is 1. The van der Waals surface area contributed by atoms with Crippen LogP contribution in [0.4, 0.5) is 0 Å². The highest BCUT2D eigenvalue weighted by Crippen LogP contribution is 2.39. The van der Waals surface area contributed by atoms with Gasteiger partial charge in [0, 0.05) is 12.7 Å². The predicted molar refractivity (Wildman–Crippen MR) is 71.7 cm³/mol. The zero-order chi connectivity index (χ0) is 13.2. The first kappa shape index (κ1) is 13.4. The van der Waals surface area contributed by atoms with Crippen molar-refractivity contribution in [3.63, 3.8) is 0 Å². The van der Waals surface area contributed by atoms with Crippen molar-refractivity contribution in [2.24, 2.45) is 5.92 Å². The Balaban J connectivity index is 1.99. The first-order valence-corrected chi connectivity index (χ1v) is 7.26. The number of thioether (sulfide) groups is 1. The third kappa shape index (κ3) is 3.03. The minimum absolute atomic E-state index is 0.173. The number of amides is 1. The molecule has 98 valence electrons. The fourth-order valence-corrected chi connectivity index (χ4v) is 2.48. The smallest absolute Gasteiger partial charge is 0.254 e. The van der Waals surface area contributed by atoms with Crippen molar-refractivity contribution in [2.75, 3.05) is 12.8 Å². The van der Waals surface area contributed by atoms with Gasteiger partial charge in [0.25, 0.3) is 5.91 Å². The molecule has 4 nitrogen and oxygen atoms in total. The van der Waals surface area contributed by atoms with Crippen molar-refractivity contribution >= 4 is 17.7 Å². The summed E-state index contributed by atoms with van der Waals surface area (Å²) >= 11 is 1.44. The number of nitrogens with one attached hydrogen (secondary N) is 1. The van der Waals surface area contributed by atoms with E-state index in [0.717, 1.165) is 12.8 Å². The Morgan fingerprint density at radius 3 is 3.00 bits per heavy atom. The molecule has 1 saturated carbocycles. The average Bonchev–Trinajstić information content (AvgIpc) is 3.20. The summed E-state index contributed by atoms with van der Waals surface area (Å²) in [6, 6.07) is 3.49. The molecule has 1 heterocycles. The second-order valence-corrected chi connectivity index (χ2v) is 5.67. The number of rotatable bonds is 5. The monoisotopic (exact) mass is 266 g/mol. The van der Waals surface area contributed by atoms with Gasteiger partial charge in [0.15, 0.2) is 0 Å². The van der Waals surface area contributed by atoms with Crippen molar-refractivity contribution in [1.29, 1.82) is 0 Å². The molecule has 1 aliphatic carbocycles. The van der Waals surface area contributed by atoms with Crippen LogP contribution in [0.25, 0.3) is 0 Å². The quantitative estimate of drug-likeness (QED) is 0.796. The molecule has 1 unspecified atom stereocenters. The SMILES string of the molecule is CSc1ncccc1C(=O)NCC(C)(O)C1CC1. The van der Waals surface area contributed by atoms with E-state index in [1.807, 2.05) is 6.26 Å².